The Kier molecular flexibility index (Phi) is 3.70. The zero-order valence-corrected chi connectivity index (χ0v) is 10.3. The lowest BCUT2D eigenvalue weighted by atomic mass is 10.0. The first-order valence-electron chi connectivity index (χ1n) is 4.84. The first-order valence-corrected chi connectivity index (χ1v) is 6.80. The maximum Gasteiger partial charge on any atom is 0.155 e. The molecule has 0 saturated carbocycles. The number of hydrogen-bond donors (Lipinski definition) is 1. The average Bonchev–Trinajstić information content (AvgIpc) is 2.20. The number of aryl methyl sites for hydroxylation is 1. The van der Waals surface area contributed by atoms with Gasteiger partial charge in [0, 0.05) is 11.8 Å². The van der Waals surface area contributed by atoms with Crippen molar-refractivity contribution in [2.75, 3.05) is 6.26 Å². The Morgan fingerprint density at radius 1 is 1.38 bits per heavy atom. The van der Waals surface area contributed by atoms with Gasteiger partial charge in [-0.15, -0.1) is 0 Å². The molecular weight excluding hydrogens is 226 g/mol. The van der Waals surface area contributed by atoms with Crippen LogP contribution >= 0.6 is 0 Å². The van der Waals surface area contributed by atoms with E-state index in [0.29, 0.717) is 5.56 Å². The molecule has 0 heterocycles. The monoisotopic (exact) mass is 241 g/mol. The normalized spacial score (nSPS) is 14.8. The zero-order chi connectivity index (χ0) is 12.3. The van der Waals surface area contributed by atoms with E-state index in [1.54, 1.807) is 12.1 Å². The highest BCUT2D eigenvalue weighted by atomic mass is 32.2. The number of nitrogens with zero attached hydrogens (tertiary/aromatic N) is 1. The van der Waals surface area contributed by atoms with Crippen molar-refractivity contribution >= 4 is 15.5 Å². The standard InChI is InChI=1S/C11H15NO3S/c1-8-6-4-5-7-10(8)11(12-13)9(2)16(3,14)15/h4-7,9,13H,1-3H3/b12-11+/t9-/m0/s1. The van der Waals surface area contributed by atoms with Crippen LogP contribution in [0.2, 0.25) is 0 Å². The predicted octanol–water partition coefficient (Wildman–Crippen LogP) is 1.61. The molecule has 1 aromatic carbocycles. The van der Waals surface area contributed by atoms with Crippen LogP contribution in [0.15, 0.2) is 29.4 Å². The summed E-state index contributed by atoms with van der Waals surface area (Å²) in [5.41, 5.74) is 1.72. The van der Waals surface area contributed by atoms with Crippen molar-refractivity contribution in [3.63, 3.8) is 0 Å². The van der Waals surface area contributed by atoms with Gasteiger partial charge < -0.3 is 5.21 Å². The maximum absolute atomic E-state index is 11.4. The van der Waals surface area contributed by atoms with Gasteiger partial charge in [0.15, 0.2) is 9.84 Å². The fourth-order valence-corrected chi connectivity index (χ4v) is 2.00. The van der Waals surface area contributed by atoms with E-state index >= 15 is 0 Å². The molecule has 4 nitrogen and oxygen atoms in total. The second-order valence-corrected chi connectivity index (χ2v) is 6.14. The van der Waals surface area contributed by atoms with E-state index in [2.05, 4.69) is 5.16 Å². The van der Waals surface area contributed by atoms with Gasteiger partial charge in [0.2, 0.25) is 0 Å². The number of rotatable bonds is 3. The van der Waals surface area contributed by atoms with E-state index < -0.39 is 15.1 Å². The van der Waals surface area contributed by atoms with Crippen molar-refractivity contribution in [2.45, 2.75) is 19.1 Å². The van der Waals surface area contributed by atoms with E-state index in [4.69, 9.17) is 5.21 Å². The highest BCUT2D eigenvalue weighted by Crippen LogP contribution is 2.14. The van der Waals surface area contributed by atoms with Crippen LogP contribution in [0.4, 0.5) is 0 Å². The van der Waals surface area contributed by atoms with Crippen molar-refractivity contribution in [2.24, 2.45) is 5.16 Å². The topological polar surface area (TPSA) is 66.7 Å². The summed E-state index contributed by atoms with van der Waals surface area (Å²) in [5.74, 6) is 0. The molecule has 0 aliphatic rings. The Balaban J connectivity index is 3.26. The van der Waals surface area contributed by atoms with Gasteiger partial charge in [-0.1, -0.05) is 29.4 Å². The van der Waals surface area contributed by atoms with E-state index in [0.717, 1.165) is 11.8 Å². The highest BCUT2D eigenvalue weighted by molar-refractivity contribution is 7.92. The SMILES string of the molecule is Cc1ccccc1/C(=N/O)[C@H](C)S(C)(=O)=O. The molecule has 0 aliphatic heterocycles. The van der Waals surface area contributed by atoms with Gasteiger partial charge in [-0.25, -0.2) is 8.42 Å². The largest absolute Gasteiger partial charge is 0.411 e. The molecule has 0 spiro atoms. The third kappa shape index (κ3) is 2.61. The van der Waals surface area contributed by atoms with E-state index in [1.807, 2.05) is 19.1 Å². The molecule has 5 heteroatoms. The van der Waals surface area contributed by atoms with E-state index in [9.17, 15) is 8.42 Å². The Labute approximate surface area is 95.5 Å². The second kappa shape index (κ2) is 4.65. The summed E-state index contributed by atoms with van der Waals surface area (Å²) in [7, 11) is -3.27. The van der Waals surface area contributed by atoms with Crippen LogP contribution in [0.5, 0.6) is 0 Å². The lowest BCUT2D eigenvalue weighted by molar-refractivity contribution is 0.318. The van der Waals surface area contributed by atoms with Gasteiger partial charge in [0.05, 0.1) is 0 Å². The molecule has 1 aromatic rings. The minimum absolute atomic E-state index is 0.181. The molecule has 0 radical (unpaired) electrons. The molecule has 0 unspecified atom stereocenters. The van der Waals surface area contributed by atoms with Crippen molar-refractivity contribution < 1.29 is 13.6 Å². The molecule has 88 valence electrons. The summed E-state index contributed by atoms with van der Waals surface area (Å²) < 4.78 is 22.8. The zero-order valence-electron chi connectivity index (χ0n) is 9.51. The maximum atomic E-state index is 11.4. The van der Waals surface area contributed by atoms with Crippen LogP contribution in [0.3, 0.4) is 0 Å². The fourth-order valence-electron chi connectivity index (χ4n) is 1.42. The number of sulfone groups is 1. The fraction of sp³-hybridized carbons (Fsp3) is 0.364. The molecule has 0 aromatic heterocycles. The molecule has 0 fully saturated rings. The predicted molar refractivity (Wildman–Crippen MR) is 63.8 cm³/mol. The molecule has 16 heavy (non-hydrogen) atoms. The highest BCUT2D eigenvalue weighted by Gasteiger charge is 2.24. The Bertz CT molecular complexity index is 506. The lowest BCUT2D eigenvalue weighted by Gasteiger charge is -2.13. The van der Waals surface area contributed by atoms with Crippen LogP contribution in [-0.4, -0.2) is 30.8 Å². The molecule has 1 atom stereocenters. The number of benzene rings is 1. The van der Waals surface area contributed by atoms with Crippen molar-refractivity contribution in [3.8, 4) is 0 Å². The molecule has 0 bridgehead atoms. The van der Waals surface area contributed by atoms with Crippen molar-refractivity contribution in [1.29, 1.82) is 0 Å². The second-order valence-electron chi connectivity index (χ2n) is 3.77. The average molecular weight is 241 g/mol. The summed E-state index contributed by atoms with van der Waals surface area (Å²) in [6.45, 7) is 3.35. The van der Waals surface area contributed by atoms with Crippen LogP contribution in [-0.2, 0) is 9.84 Å². The van der Waals surface area contributed by atoms with Gasteiger partial charge in [-0.3, -0.25) is 0 Å². The van der Waals surface area contributed by atoms with Gasteiger partial charge >= 0.3 is 0 Å². The summed E-state index contributed by atoms with van der Waals surface area (Å²) >= 11 is 0. The van der Waals surface area contributed by atoms with E-state index in [1.165, 1.54) is 6.92 Å². The summed E-state index contributed by atoms with van der Waals surface area (Å²) in [6.07, 6.45) is 1.13. The first-order chi connectivity index (χ1) is 7.38. The summed E-state index contributed by atoms with van der Waals surface area (Å²) in [6, 6.07) is 7.21. The van der Waals surface area contributed by atoms with Crippen LogP contribution in [0.1, 0.15) is 18.1 Å². The smallest absolute Gasteiger partial charge is 0.155 e. The Morgan fingerprint density at radius 2 is 1.94 bits per heavy atom. The Morgan fingerprint density at radius 3 is 2.38 bits per heavy atom. The molecule has 0 aliphatic carbocycles. The van der Waals surface area contributed by atoms with Gasteiger partial charge in [-0.2, -0.15) is 0 Å². The van der Waals surface area contributed by atoms with E-state index in [-0.39, 0.29) is 5.71 Å². The lowest BCUT2D eigenvalue weighted by Crippen LogP contribution is -2.27. The van der Waals surface area contributed by atoms with Crippen molar-refractivity contribution in [3.05, 3.63) is 35.4 Å². The number of oxime groups is 1. The Hall–Kier alpha value is -1.36. The molecule has 1 N–H and O–H groups in total. The quantitative estimate of drug-likeness (QED) is 0.496. The van der Waals surface area contributed by atoms with Gasteiger partial charge in [-0.05, 0) is 19.4 Å². The van der Waals surface area contributed by atoms with Crippen LogP contribution in [0, 0.1) is 6.92 Å². The molecule has 0 saturated heterocycles. The molecular formula is C11H15NO3S. The summed E-state index contributed by atoms with van der Waals surface area (Å²) in [5, 5.41) is 11.3. The minimum Gasteiger partial charge on any atom is -0.411 e. The molecule has 0 amide bonds. The minimum atomic E-state index is -3.27. The van der Waals surface area contributed by atoms with Crippen LogP contribution in [0.25, 0.3) is 0 Å². The third-order valence-corrected chi connectivity index (χ3v) is 4.06. The van der Waals surface area contributed by atoms with Crippen molar-refractivity contribution in [1.82, 2.24) is 0 Å². The first kappa shape index (κ1) is 12.7. The van der Waals surface area contributed by atoms with Gasteiger partial charge in [0.1, 0.15) is 11.0 Å². The number of hydrogen-bond acceptors (Lipinski definition) is 4. The van der Waals surface area contributed by atoms with Crippen LogP contribution < -0.4 is 0 Å². The summed E-state index contributed by atoms with van der Waals surface area (Å²) in [4.78, 5) is 0. The third-order valence-electron chi connectivity index (χ3n) is 2.56. The molecule has 1 rings (SSSR count). The van der Waals surface area contributed by atoms with Gasteiger partial charge in [0.25, 0.3) is 0 Å².